The van der Waals surface area contributed by atoms with E-state index in [1.54, 1.807) is 43.4 Å². The van der Waals surface area contributed by atoms with E-state index in [0.29, 0.717) is 5.88 Å². The number of benzene rings is 1. The molecule has 0 bridgehead atoms. The third kappa shape index (κ3) is 3.68. The van der Waals surface area contributed by atoms with Gasteiger partial charge in [0.15, 0.2) is 0 Å². The molecule has 0 amide bonds. The van der Waals surface area contributed by atoms with Crippen molar-refractivity contribution >= 4 is 11.8 Å². The minimum Gasteiger partial charge on any atom is -0.480 e. The summed E-state index contributed by atoms with van der Waals surface area (Å²) in [6, 6.07) is 6.45. The molecule has 106 valence electrons. The van der Waals surface area contributed by atoms with E-state index in [-0.39, 0.29) is 11.9 Å². The Labute approximate surface area is 121 Å². The van der Waals surface area contributed by atoms with Crippen molar-refractivity contribution in [3.63, 3.8) is 0 Å². The van der Waals surface area contributed by atoms with Crippen LogP contribution in [0.3, 0.4) is 0 Å². The van der Waals surface area contributed by atoms with Crippen molar-refractivity contribution in [2.75, 3.05) is 19.9 Å². The predicted octanol–water partition coefficient (Wildman–Crippen LogP) is 2.68. The molecule has 1 atom stereocenters. The average molecular weight is 293 g/mol. The van der Waals surface area contributed by atoms with Gasteiger partial charge in [0.05, 0.1) is 13.2 Å². The van der Waals surface area contributed by atoms with Gasteiger partial charge >= 0.3 is 0 Å². The van der Waals surface area contributed by atoms with Gasteiger partial charge in [-0.05, 0) is 31.3 Å². The molecule has 0 spiro atoms. The highest BCUT2D eigenvalue weighted by Gasteiger charge is 2.17. The third-order valence-electron chi connectivity index (χ3n) is 2.79. The number of hydrogen-bond donors (Lipinski definition) is 1. The van der Waals surface area contributed by atoms with Crippen molar-refractivity contribution in [3.8, 4) is 5.88 Å². The highest BCUT2D eigenvalue weighted by molar-refractivity contribution is 7.99. The Balaban J connectivity index is 2.07. The Bertz CT molecular complexity index is 550. The SMILES string of the molecule is CNC(CSc1ccc(F)cc1)c1nccnc1OC. The van der Waals surface area contributed by atoms with Gasteiger partial charge in [-0.3, -0.25) is 4.98 Å². The molecule has 2 aromatic rings. The summed E-state index contributed by atoms with van der Waals surface area (Å²) >= 11 is 1.62. The van der Waals surface area contributed by atoms with Crippen LogP contribution in [0.15, 0.2) is 41.6 Å². The number of halogens is 1. The third-order valence-corrected chi connectivity index (χ3v) is 3.90. The highest BCUT2D eigenvalue weighted by Crippen LogP contribution is 2.27. The van der Waals surface area contributed by atoms with E-state index < -0.39 is 0 Å². The fraction of sp³-hybridized carbons (Fsp3) is 0.286. The van der Waals surface area contributed by atoms with Crippen LogP contribution in [-0.4, -0.2) is 29.9 Å². The zero-order valence-corrected chi connectivity index (χ0v) is 12.2. The molecule has 0 aliphatic heterocycles. The van der Waals surface area contributed by atoms with Gasteiger partial charge in [0.25, 0.3) is 0 Å². The lowest BCUT2D eigenvalue weighted by Crippen LogP contribution is -2.21. The Morgan fingerprint density at radius 3 is 2.60 bits per heavy atom. The number of methoxy groups -OCH3 is 1. The quantitative estimate of drug-likeness (QED) is 0.830. The van der Waals surface area contributed by atoms with E-state index in [9.17, 15) is 4.39 Å². The zero-order valence-electron chi connectivity index (χ0n) is 11.3. The molecule has 6 heteroatoms. The maximum Gasteiger partial charge on any atom is 0.237 e. The van der Waals surface area contributed by atoms with E-state index in [1.165, 1.54) is 12.1 Å². The minimum atomic E-state index is -0.227. The van der Waals surface area contributed by atoms with Gasteiger partial charge in [-0.2, -0.15) is 0 Å². The molecule has 4 nitrogen and oxygen atoms in total. The fourth-order valence-corrected chi connectivity index (χ4v) is 2.75. The number of aromatic nitrogens is 2. The van der Waals surface area contributed by atoms with Gasteiger partial charge in [-0.15, -0.1) is 11.8 Å². The molecule has 0 saturated carbocycles. The van der Waals surface area contributed by atoms with Crippen molar-refractivity contribution in [2.24, 2.45) is 0 Å². The Kier molecular flexibility index (Phi) is 5.31. The van der Waals surface area contributed by atoms with Crippen molar-refractivity contribution < 1.29 is 9.13 Å². The van der Waals surface area contributed by atoms with Crippen LogP contribution >= 0.6 is 11.8 Å². The van der Waals surface area contributed by atoms with Crippen LogP contribution in [0.4, 0.5) is 4.39 Å². The van der Waals surface area contributed by atoms with Gasteiger partial charge in [-0.25, -0.2) is 9.37 Å². The van der Waals surface area contributed by atoms with Crippen LogP contribution in [0.5, 0.6) is 5.88 Å². The maximum atomic E-state index is 12.9. The average Bonchev–Trinajstić information content (AvgIpc) is 2.50. The first-order valence-corrected chi connectivity index (χ1v) is 7.13. The van der Waals surface area contributed by atoms with E-state index in [4.69, 9.17) is 4.74 Å². The van der Waals surface area contributed by atoms with Gasteiger partial charge in [0, 0.05) is 23.0 Å². The summed E-state index contributed by atoms with van der Waals surface area (Å²) in [7, 11) is 3.44. The van der Waals surface area contributed by atoms with Gasteiger partial charge in [0.2, 0.25) is 5.88 Å². The number of hydrogen-bond acceptors (Lipinski definition) is 5. The molecule has 0 aliphatic rings. The van der Waals surface area contributed by atoms with Crippen LogP contribution in [0, 0.1) is 5.82 Å². The molecule has 20 heavy (non-hydrogen) atoms. The molecule has 1 aromatic carbocycles. The number of nitrogens with one attached hydrogen (secondary N) is 1. The Morgan fingerprint density at radius 2 is 1.95 bits per heavy atom. The first-order valence-electron chi connectivity index (χ1n) is 6.15. The standard InChI is InChI=1S/C14H16FN3OS/c1-16-12(13-14(19-2)18-8-7-17-13)9-20-11-5-3-10(15)4-6-11/h3-8,12,16H,9H2,1-2H3. The van der Waals surface area contributed by atoms with Crippen molar-refractivity contribution in [3.05, 3.63) is 48.2 Å². The second kappa shape index (κ2) is 7.21. The number of ether oxygens (including phenoxy) is 1. The van der Waals surface area contributed by atoms with Gasteiger partial charge in [-0.1, -0.05) is 0 Å². The summed E-state index contributed by atoms with van der Waals surface area (Å²) in [4.78, 5) is 9.48. The summed E-state index contributed by atoms with van der Waals surface area (Å²) < 4.78 is 18.1. The second-order valence-corrected chi connectivity index (χ2v) is 5.15. The van der Waals surface area contributed by atoms with Crippen LogP contribution in [0.1, 0.15) is 11.7 Å². The van der Waals surface area contributed by atoms with Crippen LogP contribution in [0.2, 0.25) is 0 Å². The molecular formula is C14H16FN3OS. The lowest BCUT2D eigenvalue weighted by molar-refractivity contribution is 0.383. The normalized spacial score (nSPS) is 12.2. The van der Waals surface area contributed by atoms with Gasteiger partial charge in [0.1, 0.15) is 11.5 Å². The molecule has 0 fully saturated rings. The Hall–Kier alpha value is -1.66. The molecular weight excluding hydrogens is 277 g/mol. The van der Waals surface area contributed by atoms with Crippen molar-refractivity contribution in [2.45, 2.75) is 10.9 Å². The fourth-order valence-electron chi connectivity index (χ4n) is 1.74. The zero-order chi connectivity index (χ0) is 14.4. The van der Waals surface area contributed by atoms with Gasteiger partial charge < -0.3 is 10.1 Å². The lowest BCUT2D eigenvalue weighted by Gasteiger charge is -2.16. The van der Waals surface area contributed by atoms with E-state index in [0.717, 1.165) is 16.3 Å². The van der Waals surface area contributed by atoms with E-state index >= 15 is 0 Å². The summed E-state index contributed by atoms with van der Waals surface area (Å²) in [6.45, 7) is 0. The topological polar surface area (TPSA) is 47.0 Å². The lowest BCUT2D eigenvalue weighted by atomic mass is 10.2. The van der Waals surface area contributed by atoms with E-state index in [1.807, 2.05) is 7.05 Å². The molecule has 1 unspecified atom stereocenters. The largest absolute Gasteiger partial charge is 0.480 e. The van der Waals surface area contributed by atoms with Crippen molar-refractivity contribution in [1.82, 2.24) is 15.3 Å². The Morgan fingerprint density at radius 1 is 1.25 bits per heavy atom. The van der Waals surface area contributed by atoms with Crippen LogP contribution in [0.25, 0.3) is 0 Å². The summed E-state index contributed by atoms with van der Waals surface area (Å²) in [5, 5.41) is 3.20. The number of rotatable bonds is 6. The van der Waals surface area contributed by atoms with Crippen molar-refractivity contribution in [1.29, 1.82) is 0 Å². The predicted molar refractivity (Wildman–Crippen MR) is 77.5 cm³/mol. The first-order chi connectivity index (χ1) is 9.74. The van der Waals surface area contributed by atoms with Crippen LogP contribution in [-0.2, 0) is 0 Å². The monoisotopic (exact) mass is 293 g/mol. The number of nitrogens with zero attached hydrogens (tertiary/aromatic N) is 2. The van der Waals surface area contributed by atoms with E-state index in [2.05, 4.69) is 15.3 Å². The molecule has 2 rings (SSSR count). The minimum absolute atomic E-state index is 0.00806. The first kappa shape index (κ1) is 14.7. The summed E-state index contributed by atoms with van der Waals surface area (Å²) in [5.41, 5.74) is 0.770. The maximum absolute atomic E-state index is 12.9. The summed E-state index contributed by atoms with van der Waals surface area (Å²) in [5.74, 6) is 1.04. The highest BCUT2D eigenvalue weighted by atomic mass is 32.2. The molecule has 0 aliphatic carbocycles. The number of thioether (sulfide) groups is 1. The van der Waals surface area contributed by atoms with Crippen LogP contribution < -0.4 is 10.1 Å². The molecule has 0 saturated heterocycles. The molecule has 1 N–H and O–H groups in total. The smallest absolute Gasteiger partial charge is 0.237 e. The summed E-state index contributed by atoms with van der Waals surface area (Å²) in [6.07, 6.45) is 3.24. The molecule has 1 heterocycles. The second-order valence-electron chi connectivity index (χ2n) is 4.06. The molecule has 0 radical (unpaired) electrons. The molecule has 1 aromatic heterocycles.